The van der Waals surface area contributed by atoms with Crippen molar-refractivity contribution in [1.82, 2.24) is 20.8 Å². The van der Waals surface area contributed by atoms with Crippen LogP contribution in [-0.2, 0) is 4.79 Å². The number of carbonyl (C=O) groups excluding carboxylic acids is 2. The van der Waals surface area contributed by atoms with Crippen molar-refractivity contribution in [3.63, 3.8) is 0 Å². The van der Waals surface area contributed by atoms with Crippen LogP contribution in [0.2, 0.25) is 0 Å². The fraction of sp³-hybridized carbons (Fsp3) is 0.375. The molecule has 10 heteroatoms. The Morgan fingerprint density at radius 2 is 1.85 bits per heavy atom. The number of carbonyl (C=O) groups is 2. The summed E-state index contributed by atoms with van der Waals surface area (Å²) >= 11 is 1.05. The highest BCUT2D eigenvalue weighted by molar-refractivity contribution is 8.00. The number of hydrogen-bond acceptors (Lipinski definition) is 8. The highest BCUT2D eigenvalue weighted by Crippen LogP contribution is 2.31. The standard InChI is InChI=1S/C16H20N4O5S/c1-5-17-15(22)18-13(21)9(2)26-16-20-19-14(25-16)10-6-11(23-3)8-12(7-10)24-4/h6-9H,5H2,1-4H3,(H2,17,18,21,22). The average molecular weight is 380 g/mol. The summed E-state index contributed by atoms with van der Waals surface area (Å²) in [6.07, 6.45) is 0. The van der Waals surface area contributed by atoms with Gasteiger partial charge in [0.1, 0.15) is 11.5 Å². The molecule has 0 aliphatic heterocycles. The number of aromatic nitrogens is 2. The van der Waals surface area contributed by atoms with E-state index in [-0.39, 0.29) is 11.1 Å². The number of methoxy groups -OCH3 is 2. The first-order chi connectivity index (χ1) is 12.5. The molecule has 1 aromatic heterocycles. The Hall–Kier alpha value is -2.75. The summed E-state index contributed by atoms with van der Waals surface area (Å²) in [6, 6.07) is 4.65. The molecule has 3 amide bonds. The van der Waals surface area contributed by atoms with Crippen molar-refractivity contribution in [3.05, 3.63) is 18.2 Å². The molecule has 1 aromatic carbocycles. The molecule has 1 atom stereocenters. The van der Waals surface area contributed by atoms with Crippen LogP contribution in [0.3, 0.4) is 0 Å². The minimum Gasteiger partial charge on any atom is -0.497 e. The van der Waals surface area contributed by atoms with Gasteiger partial charge in [-0.15, -0.1) is 10.2 Å². The molecule has 1 unspecified atom stereocenters. The molecule has 0 bridgehead atoms. The van der Waals surface area contributed by atoms with Gasteiger partial charge in [0.25, 0.3) is 5.22 Å². The van der Waals surface area contributed by atoms with Gasteiger partial charge in [0, 0.05) is 18.2 Å². The van der Waals surface area contributed by atoms with Gasteiger partial charge in [-0.25, -0.2) is 4.79 Å². The topological polar surface area (TPSA) is 116 Å². The number of hydrogen-bond donors (Lipinski definition) is 2. The third-order valence-corrected chi connectivity index (χ3v) is 4.16. The van der Waals surface area contributed by atoms with Gasteiger partial charge in [-0.3, -0.25) is 10.1 Å². The van der Waals surface area contributed by atoms with E-state index < -0.39 is 17.2 Å². The molecule has 0 saturated heterocycles. The summed E-state index contributed by atoms with van der Waals surface area (Å²) in [5, 5.41) is 12.2. The molecule has 0 spiro atoms. The Morgan fingerprint density at radius 1 is 1.19 bits per heavy atom. The molecule has 0 radical (unpaired) electrons. The third-order valence-electron chi connectivity index (χ3n) is 3.23. The molecule has 2 rings (SSSR count). The molecule has 0 aliphatic carbocycles. The molecular weight excluding hydrogens is 360 g/mol. The molecule has 2 aromatic rings. The molecule has 2 N–H and O–H groups in total. The van der Waals surface area contributed by atoms with Gasteiger partial charge in [0.15, 0.2) is 0 Å². The zero-order valence-electron chi connectivity index (χ0n) is 14.9. The number of urea groups is 1. The summed E-state index contributed by atoms with van der Waals surface area (Å²) in [6.45, 7) is 3.82. The summed E-state index contributed by atoms with van der Waals surface area (Å²) in [4.78, 5) is 23.4. The van der Waals surface area contributed by atoms with E-state index in [2.05, 4.69) is 20.8 Å². The lowest BCUT2D eigenvalue weighted by Crippen LogP contribution is -2.42. The lowest BCUT2D eigenvalue weighted by Gasteiger charge is -2.09. The zero-order chi connectivity index (χ0) is 19.1. The van der Waals surface area contributed by atoms with E-state index in [9.17, 15) is 9.59 Å². The molecule has 0 aliphatic rings. The lowest BCUT2D eigenvalue weighted by atomic mass is 10.2. The fourth-order valence-corrected chi connectivity index (χ4v) is 2.61. The second-order valence-electron chi connectivity index (χ2n) is 5.08. The van der Waals surface area contributed by atoms with Crippen molar-refractivity contribution < 1.29 is 23.5 Å². The van der Waals surface area contributed by atoms with E-state index in [0.29, 0.717) is 23.6 Å². The van der Waals surface area contributed by atoms with Crippen molar-refractivity contribution in [1.29, 1.82) is 0 Å². The van der Waals surface area contributed by atoms with Gasteiger partial charge in [0.05, 0.1) is 19.5 Å². The van der Waals surface area contributed by atoms with Crippen LogP contribution >= 0.6 is 11.8 Å². The first-order valence-electron chi connectivity index (χ1n) is 7.79. The van der Waals surface area contributed by atoms with Crippen molar-refractivity contribution in [2.45, 2.75) is 24.3 Å². The van der Waals surface area contributed by atoms with Gasteiger partial charge in [-0.05, 0) is 26.0 Å². The van der Waals surface area contributed by atoms with Crippen molar-refractivity contribution >= 4 is 23.7 Å². The maximum atomic E-state index is 12.0. The number of nitrogens with one attached hydrogen (secondary N) is 2. The van der Waals surface area contributed by atoms with Crippen molar-refractivity contribution in [2.24, 2.45) is 0 Å². The largest absolute Gasteiger partial charge is 0.497 e. The average Bonchev–Trinajstić information content (AvgIpc) is 3.09. The van der Waals surface area contributed by atoms with E-state index in [1.54, 1.807) is 46.3 Å². The summed E-state index contributed by atoms with van der Waals surface area (Å²) in [5.41, 5.74) is 0.625. The van der Waals surface area contributed by atoms with Crippen LogP contribution in [-0.4, -0.2) is 48.1 Å². The van der Waals surface area contributed by atoms with Crippen LogP contribution in [0.4, 0.5) is 4.79 Å². The molecule has 26 heavy (non-hydrogen) atoms. The van der Waals surface area contributed by atoms with Gasteiger partial charge < -0.3 is 19.2 Å². The normalized spacial score (nSPS) is 11.5. The van der Waals surface area contributed by atoms with Crippen LogP contribution in [0.5, 0.6) is 11.5 Å². The Balaban J connectivity index is 2.08. The van der Waals surface area contributed by atoms with Crippen LogP contribution in [0, 0.1) is 0 Å². The lowest BCUT2D eigenvalue weighted by molar-refractivity contribution is -0.119. The molecule has 0 saturated carbocycles. The fourth-order valence-electron chi connectivity index (χ4n) is 1.93. The Kier molecular flexibility index (Phi) is 6.84. The number of nitrogens with zero attached hydrogens (tertiary/aromatic N) is 2. The third kappa shape index (κ3) is 5.12. The van der Waals surface area contributed by atoms with E-state index in [1.807, 2.05) is 0 Å². The van der Waals surface area contributed by atoms with Gasteiger partial charge in [-0.1, -0.05) is 11.8 Å². The smallest absolute Gasteiger partial charge is 0.321 e. The maximum absolute atomic E-state index is 12.0. The van der Waals surface area contributed by atoms with E-state index >= 15 is 0 Å². The number of thioether (sulfide) groups is 1. The predicted octanol–water partition coefficient (Wildman–Crippen LogP) is 2.08. The van der Waals surface area contributed by atoms with Gasteiger partial charge >= 0.3 is 6.03 Å². The van der Waals surface area contributed by atoms with Crippen LogP contribution < -0.4 is 20.1 Å². The molecule has 9 nitrogen and oxygen atoms in total. The summed E-state index contributed by atoms with van der Waals surface area (Å²) in [7, 11) is 3.09. The number of amides is 3. The number of benzene rings is 1. The van der Waals surface area contributed by atoms with E-state index in [4.69, 9.17) is 13.9 Å². The molecule has 0 fully saturated rings. The number of imide groups is 1. The highest BCUT2D eigenvalue weighted by Gasteiger charge is 2.20. The second-order valence-corrected chi connectivity index (χ2v) is 6.38. The number of rotatable bonds is 7. The Labute approximate surface area is 154 Å². The van der Waals surface area contributed by atoms with Gasteiger partial charge in [0.2, 0.25) is 11.8 Å². The maximum Gasteiger partial charge on any atom is 0.321 e. The van der Waals surface area contributed by atoms with E-state index in [0.717, 1.165) is 11.8 Å². The minimum absolute atomic E-state index is 0.209. The second kappa shape index (κ2) is 9.09. The quantitative estimate of drug-likeness (QED) is 0.702. The van der Waals surface area contributed by atoms with Crippen LogP contribution in [0.15, 0.2) is 27.8 Å². The first kappa shape index (κ1) is 19.6. The number of ether oxygens (including phenoxy) is 2. The predicted molar refractivity (Wildman–Crippen MR) is 95.4 cm³/mol. The summed E-state index contributed by atoms with van der Waals surface area (Å²) in [5.74, 6) is 0.979. The van der Waals surface area contributed by atoms with Gasteiger partial charge in [-0.2, -0.15) is 0 Å². The first-order valence-corrected chi connectivity index (χ1v) is 8.67. The van der Waals surface area contributed by atoms with Crippen LogP contribution in [0.25, 0.3) is 11.5 Å². The van der Waals surface area contributed by atoms with Crippen LogP contribution in [0.1, 0.15) is 13.8 Å². The minimum atomic E-state index is -0.592. The van der Waals surface area contributed by atoms with Crippen molar-refractivity contribution in [2.75, 3.05) is 20.8 Å². The Morgan fingerprint density at radius 3 is 2.42 bits per heavy atom. The Bertz CT molecular complexity index is 758. The SMILES string of the molecule is CCNC(=O)NC(=O)C(C)Sc1nnc(-c2cc(OC)cc(OC)c2)o1. The molecule has 1 heterocycles. The molecule has 140 valence electrons. The zero-order valence-corrected chi connectivity index (χ0v) is 15.7. The van der Waals surface area contributed by atoms with Crippen molar-refractivity contribution in [3.8, 4) is 23.0 Å². The molecular formula is C16H20N4O5S. The van der Waals surface area contributed by atoms with E-state index in [1.165, 1.54) is 0 Å². The highest BCUT2D eigenvalue weighted by atomic mass is 32.2. The summed E-state index contributed by atoms with van der Waals surface area (Å²) < 4.78 is 16.0. The monoisotopic (exact) mass is 380 g/mol.